The number of fused-ring (bicyclic) bond motifs is 5. The number of carbonyl (C=O) groups excluding carboxylic acids is 3. The second-order valence-corrected chi connectivity index (χ2v) is 15.2. The third-order valence-corrected chi connectivity index (χ3v) is 10.1. The lowest BCUT2D eigenvalue weighted by molar-refractivity contribution is -0.193. The summed E-state index contributed by atoms with van der Waals surface area (Å²) >= 11 is 0. The van der Waals surface area contributed by atoms with E-state index in [1.807, 2.05) is 83.2 Å². The fourth-order valence-electron chi connectivity index (χ4n) is 8.17. The number of nitrogens with zero attached hydrogens (tertiary/aromatic N) is 1. The predicted octanol–water partition coefficient (Wildman–Crippen LogP) is 7.04. The van der Waals surface area contributed by atoms with Crippen molar-refractivity contribution in [2.24, 2.45) is 40.0 Å². The summed E-state index contributed by atoms with van der Waals surface area (Å²) in [6, 6.07) is 9.96. The number of aliphatic hydroxyl groups is 1. The molecule has 0 aliphatic carbocycles. The van der Waals surface area contributed by atoms with Gasteiger partial charge in [-0.15, -0.1) is 0 Å². The number of benzene rings is 1. The number of ketones is 1. The van der Waals surface area contributed by atoms with Crippen LogP contribution in [0.15, 0.2) is 53.0 Å². The van der Waals surface area contributed by atoms with Crippen LogP contribution in [-0.2, 0) is 28.6 Å². The molecule has 2 fully saturated rings. The number of amides is 1. The lowest BCUT2D eigenvalue weighted by atomic mass is 9.61. The van der Waals surface area contributed by atoms with Gasteiger partial charge in [0.1, 0.15) is 23.4 Å². The normalized spacial score (nSPS) is 36.9. The molecule has 47 heavy (non-hydrogen) atoms. The van der Waals surface area contributed by atoms with Crippen molar-refractivity contribution in [2.45, 2.75) is 112 Å². The number of Topliss-reactive ketones (excluding diaryl/α,β-unsaturated/α-hetero) is 1. The van der Waals surface area contributed by atoms with E-state index in [0.29, 0.717) is 12.1 Å². The van der Waals surface area contributed by atoms with E-state index in [1.165, 1.54) is 6.92 Å². The van der Waals surface area contributed by atoms with Crippen molar-refractivity contribution in [1.82, 2.24) is 0 Å². The number of hydrogen-bond acceptors (Lipinski definition) is 7. The van der Waals surface area contributed by atoms with Gasteiger partial charge in [0.2, 0.25) is 5.91 Å². The van der Waals surface area contributed by atoms with E-state index in [-0.39, 0.29) is 43.2 Å². The number of aliphatic imine (C=N–C) groups is 1. The molecular formula is C39H57NO7. The Hall–Kier alpha value is -2.94. The first kappa shape index (κ1) is 38.5. The molecule has 1 amide bonds. The first-order valence-corrected chi connectivity index (χ1v) is 17.1. The highest BCUT2D eigenvalue weighted by Gasteiger charge is 2.53. The summed E-state index contributed by atoms with van der Waals surface area (Å²) in [4.78, 5) is 44.8. The van der Waals surface area contributed by atoms with Crippen LogP contribution in [-0.4, -0.2) is 65.1 Å². The molecule has 0 radical (unpaired) electrons. The summed E-state index contributed by atoms with van der Waals surface area (Å²) < 4.78 is 19.6. The van der Waals surface area contributed by atoms with E-state index < -0.39 is 52.5 Å². The van der Waals surface area contributed by atoms with Crippen molar-refractivity contribution in [2.75, 3.05) is 13.2 Å². The Morgan fingerprint density at radius 3 is 2.26 bits per heavy atom. The minimum absolute atomic E-state index is 0.109. The van der Waals surface area contributed by atoms with Gasteiger partial charge in [-0.25, -0.2) is 4.99 Å². The van der Waals surface area contributed by atoms with Gasteiger partial charge in [-0.2, -0.15) is 0 Å². The van der Waals surface area contributed by atoms with Crippen molar-refractivity contribution >= 4 is 29.4 Å². The minimum Gasteiger partial charge on any atom is -0.459 e. The first-order chi connectivity index (χ1) is 21.8. The Bertz CT molecular complexity index is 1350. The van der Waals surface area contributed by atoms with Crippen LogP contribution in [0.5, 0.6) is 0 Å². The number of allylic oxidation sites excluding steroid dienone is 2. The fraction of sp³-hybridized carbons (Fsp3) is 0.641. The second-order valence-electron chi connectivity index (χ2n) is 15.2. The van der Waals surface area contributed by atoms with Crippen LogP contribution in [0.2, 0.25) is 0 Å². The zero-order chi connectivity index (χ0) is 35.3. The highest BCUT2D eigenvalue weighted by Crippen LogP contribution is 2.47. The van der Waals surface area contributed by atoms with Gasteiger partial charge in [0, 0.05) is 30.4 Å². The molecule has 9 atom stereocenters. The van der Waals surface area contributed by atoms with E-state index in [9.17, 15) is 19.5 Å². The van der Waals surface area contributed by atoms with Crippen LogP contribution in [0.25, 0.3) is 6.08 Å². The number of rotatable bonds is 3. The number of cyclic esters (lactones) is 1. The molecule has 8 heteroatoms. The number of hydrogen-bond donors (Lipinski definition) is 1. The van der Waals surface area contributed by atoms with Crippen molar-refractivity contribution < 1.29 is 33.7 Å². The second kappa shape index (κ2) is 15.5. The lowest BCUT2D eigenvalue weighted by Gasteiger charge is -2.49. The van der Waals surface area contributed by atoms with Crippen LogP contribution in [0.1, 0.15) is 94.6 Å². The Labute approximate surface area is 282 Å². The number of ether oxygens (including phenoxy) is 3. The maximum Gasteiger partial charge on any atom is 0.316 e. The van der Waals surface area contributed by atoms with Crippen molar-refractivity contribution in [1.29, 1.82) is 0 Å². The summed E-state index contributed by atoms with van der Waals surface area (Å²) in [5.74, 6) is -4.04. The van der Waals surface area contributed by atoms with Crippen LogP contribution in [0, 0.1) is 35.0 Å². The van der Waals surface area contributed by atoms with Crippen LogP contribution >= 0.6 is 0 Å². The molecule has 2 aliphatic rings. The molecule has 260 valence electrons. The van der Waals surface area contributed by atoms with Gasteiger partial charge in [-0.05, 0) is 56.1 Å². The van der Waals surface area contributed by atoms with Gasteiger partial charge in [-0.1, -0.05) is 97.0 Å². The molecule has 0 saturated carbocycles. The highest BCUT2D eigenvalue weighted by molar-refractivity contribution is 6.00. The molecule has 2 bridgehead atoms. The average molecular weight is 652 g/mol. The average Bonchev–Trinajstić information content (AvgIpc) is 3.00. The van der Waals surface area contributed by atoms with Crippen LogP contribution in [0.4, 0.5) is 0 Å². The van der Waals surface area contributed by atoms with E-state index in [2.05, 4.69) is 25.8 Å². The van der Waals surface area contributed by atoms with Crippen molar-refractivity contribution in [3.05, 3.63) is 53.6 Å². The molecular weight excluding hydrogens is 594 g/mol. The monoisotopic (exact) mass is 651 g/mol. The third kappa shape index (κ3) is 9.15. The molecule has 1 aromatic rings. The molecule has 2 aliphatic heterocycles. The quantitative estimate of drug-likeness (QED) is 0.276. The summed E-state index contributed by atoms with van der Waals surface area (Å²) in [7, 11) is 0. The smallest absolute Gasteiger partial charge is 0.316 e. The van der Waals surface area contributed by atoms with Gasteiger partial charge in [0.05, 0.1) is 24.9 Å². The van der Waals surface area contributed by atoms with E-state index in [1.54, 1.807) is 13.8 Å². The van der Waals surface area contributed by atoms with Gasteiger partial charge in [0.15, 0.2) is 0 Å². The Morgan fingerprint density at radius 1 is 1.04 bits per heavy atom. The maximum atomic E-state index is 14.1. The molecule has 0 aromatic heterocycles. The zero-order valence-electron chi connectivity index (χ0n) is 30.3. The molecule has 0 unspecified atom stereocenters. The zero-order valence-corrected chi connectivity index (χ0v) is 30.3. The molecule has 1 aromatic carbocycles. The minimum atomic E-state index is -1.70. The van der Waals surface area contributed by atoms with Gasteiger partial charge >= 0.3 is 5.97 Å². The number of esters is 1. The van der Waals surface area contributed by atoms with Crippen molar-refractivity contribution in [3.8, 4) is 0 Å². The van der Waals surface area contributed by atoms with Crippen molar-refractivity contribution in [3.63, 3.8) is 0 Å². The standard InChI is InChI=1S/C39H57NO7/c1-12-31-39(11,44)35-25(3)32(40-28(6)41)24(2)21-38(10,34(37(7,8)9)26(4)33(42)27(5)36(43)47-31)46-23-30(22-45-35)20-16-19-29-17-14-13-15-18-29/h13-20,24-27,31,34-35,44H,12,21-23H2,1-11H3/b19-16+,30-20+,40-32?/t24-,25+,26+,27-,31-,34+,35-,38-,39-/m1/s1. The number of carbonyl (C=O) groups is 3. The van der Waals surface area contributed by atoms with Gasteiger partial charge in [-0.3, -0.25) is 14.4 Å². The van der Waals surface area contributed by atoms with Gasteiger partial charge < -0.3 is 19.3 Å². The lowest BCUT2D eigenvalue weighted by Crippen LogP contribution is -2.58. The highest BCUT2D eigenvalue weighted by atomic mass is 16.6. The van der Waals surface area contributed by atoms with Crippen LogP contribution in [0.3, 0.4) is 0 Å². The molecule has 1 N–H and O–H groups in total. The predicted molar refractivity (Wildman–Crippen MR) is 186 cm³/mol. The Kier molecular flexibility index (Phi) is 12.7. The van der Waals surface area contributed by atoms with E-state index in [0.717, 1.165) is 11.1 Å². The fourth-order valence-corrected chi connectivity index (χ4v) is 8.17. The summed E-state index contributed by atoms with van der Waals surface area (Å²) in [6.07, 6.45) is 4.75. The largest absolute Gasteiger partial charge is 0.459 e. The molecule has 2 saturated heterocycles. The summed E-state index contributed by atoms with van der Waals surface area (Å²) in [5.41, 5.74) is -0.561. The summed E-state index contributed by atoms with van der Waals surface area (Å²) in [5, 5.41) is 12.3. The Morgan fingerprint density at radius 2 is 1.68 bits per heavy atom. The van der Waals surface area contributed by atoms with Gasteiger partial charge in [0.25, 0.3) is 0 Å². The van der Waals surface area contributed by atoms with E-state index >= 15 is 0 Å². The molecule has 2 heterocycles. The maximum absolute atomic E-state index is 14.1. The molecule has 8 nitrogen and oxygen atoms in total. The molecule has 3 rings (SSSR count). The van der Waals surface area contributed by atoms with E-state index in [4.69, 9.17) is 14.2 Å². The Balaban J connectivity index is 2.35. The SMILES string of the molecule is CC[C@H]1OC(=O)[C@H](C)C(=O)[C@H](C)[C@@H](C(C)(C)C)[C@@]2(C)C[C@@H](C)C(=NC(C)=O)[C@H](C)[C@@H](OC/C(=C\C=C\c3ccccc3)CO2)[C@]1(C)O. The summed E-state index contributed by atoms with van der Waals surface area (Å²) in [6.45, 7) is 20.8. The van der Waals surface area contributed by atoms with Crippen LogP contribution < -0.4 is 0 Å². The third-order valence-electron chi connectivity index (χ3n) is 10.1. The topological polar surface area (TPSA) is 111 Å². The first-order valence-electron chi connectivity index (χ1n) is 17.1. The molecule has 0 spiro atoms.